The molecule has 0 radical (unpaired) electrons. The molecule has 3 aromatic heterocycles. The lowest BCUT2D eigenvalue weighted by Crippen LogP contribution is -2.30. The Bertz CT molecular complexity index is 987. The number of nitrogens with zero attached hydrogens (tertiary/aromatic N) is 4. The van der Waals surface area contributed by atoms with E-state index in [1.807, 2.05) is 42.9 Å². The Kier molecular flexibility index (Phi) is 5.46. The summed E-state index contributed by atoms with van der Waals surface area (Å²) in [7, 11) is 0. The fraction of sp³-hybridized carbons (Fsp3) is 0.348. The van der Waals surface area contributed by atoms with Gasteiger partial charge in [0, 0.05) is 50.2 Å². The second kappa shape index (κ2) is 8.53. The molecule has 154 valence electrons. The first-order valence-corrected chi connectivity index (χ1v) is 10.8. The van der Waals surface area contributed by atoms with Crippen molar-refractivity contribution in [2.45, 2.75) is 44.1 Å². The van der Waals surface area contributed by atoms with E-state index in [1.54, 1.807) is 0 Å². The molecule has 0 spiro atoms. The van der Waals surface area contributed by atoms with E-state index in [1.165, 1.54) is 11.3 Å². The SMILES string of the molecule is S=C1N[C@H](c2ccccn2)[C@H](c2cccn2C[C@H]2CCCO2)N1Cc1ccncc1. The highest BCUT2D eigenvalue weighted by atomic mass is 32.1. The minimum atomic E-state index is -0.0151. The Morgan fingerprint density at radius 2 is 2.00 bits per heavy atom. The minimum Gasteiger partial charge on any atom is -0.376 e. The van der Waals surface area contributed by atoms with Gasteiger partial charge in [-0.1, -0.05) is 6.07 Å². The van der Waals surface area contributed by atoms with Gasteiger partial charge in [0.1, 0.15) is 0 Å². The summed E-state index contributed by atoms with van der Waals surface area (Å²) in [6.45, 7) is 2.44. The predicted molar refractivity (Wildman–Crippen MR) is 119 cm³/mol. The lowest BCUT2D eigenvalue weighted by atomic mass is 10.0. The molecule has 1 N–H and O–H groups in total. The molecule has 3 atom stereocenters. The monoisotopic (exact) mass is 419 g/mol. The maximum Gasteiger partial charge on any atom is 0.170 e. The van der Waals surface area contributed by atoms with Gasteiger partial charge in [-0.2, -0.15) is 0 Å². The van der Waals surface area contributed by atoms with Crippen LogP contribution >= 0.6 is 12.2 Å². The first-order valence-electron chi connectivity index (χ1n) is 10.4. The number of rotatable bonds is 6. The molecular formula is C23H25N5OS. The summed E-state index contributed by atoms with van der Waals surface area (Å²) >= 11 is 5.79. The van der Waals surface area contributed by atoms with Gasteiger partial charge in [0.25, 0.3) is 0 Å². The van der Waals surface area contributed by atoms with E-state index in [2.05, 4.69) is 49.1 Å². The number of thiocarbonyl (C=S) groups is 1. The van der Waals surface area contributed by atoms with Gasteiger partial charge >= 0.3 is 0 Å². The van der Waals surface area contributed by atoms with Gasteiger partial charge in [-0.15, -0.1) is 0 Å². The molecule has 3 aromatic rings. The Labute approximate surface area is 181 Å². The number of hydrogen-bond acceptors (Lipinski definition) is 4. The second-order valence-electron chi connectivity index (χ2n) is 7.83. The molecule has 0 unspecified atom stereocenters. The minimum absolute atomic E-state index is 0.0151. The number of nitrogens with one attached hydrogen (secondary N) is 1. The molecule has 2 fully saturated rings. The number of aromatic nitrogens is 3. The molecular weight excluding hydrogens is 394 g/mol. The lowest BCUT2D eigenvalue weighted by Gasteiger charge is -2.29. The van der Waals surface area contributed by atoms with Crippen LogP contribution in [0.25, 0.3) is 0 Å². The van der Waals surface area contributed by atoms with Crippen molar-refractivity contribution in [2.75, 3.05) is 6.61 Å². The normalized spacial score (nSPS) is 23.7. The van der Waals surface area contributed by atoms with Gasteiger partial charge in [-0.05, 0) is 67.0 Å². The van der Waals surface area contributed by atoms with Crippen LogP contribution in [0.4, 0.5) is 0 Å². The van der Waals surface area contributed by atoms with Crippen LogP contribution in [0.1, 0.15) is 41.9 Å². The van der Waals surface area contributed by atoms with Gasteiger partial charge in [-0.25, -0.2) is 0 Å². The first kappa shape index (κ1) is 19.2. The standard InChI is InChI=1S/C23H25N5OS/c30-23-26-21(19-6-1-2-10-25-19)22(28(23)15-17-8-11-24-12-9-17)20-7-3-13-27(20)16-18-5-4-14-29-18/h1-3,6-13,18,21-22H,4-5,14-16H2,(H,26,30)/t18-,21-,22+/m1/s1. The van der Waals surface area contributed by atoms with E-state index in [9.17, 15) is 0 Å². The summed E-state index contributed by atoms with van der Waals surface area (Å²) in [5.41, 5.74) is 3.40. The molecule has 2 saturated heterocycles. The van der Waals surface area contributed by atoms with Crippen molar-refractivity contribution < 1.29 is 4.74 Å². The van der Waals surface area contributed by atoms with E-state index >= 15 is 0 Å². The topological polar surface area (TPSA) is 55.2 Å². The van der Waals surface area contributed by atoms with Crippen LogP contribution in [0.5, 0.6) is 0 Å². The van der Waals surface area contributed by atoms with E-state index < -0.39 is 0 Å². The third kappa shape index (κ3) is 3.82. The predicted octanol–water partition coefficient (Wildman–Crippen LogP) is 3.63. The van der Waals surface area contributed by atoms with Crippen LogP contribution < -0.4 is 5.32 Å². The van der Waals surface area contributed by atoms with Crippen molar-refractivity contribution in [2.24, 2.45) is 0 Å². The van der Waals surface area contributed by atoms with E-state index in [0.717, 1.165) is 36.8 Å². The summed E-state index contributed by atoms with van der Waals surface area (Å²) in [5, 5.41) is 4.28. The molecule has 0 amide bonds. The van der Waals surface area contributed by atoms with Crippen LogP contribution in [0, 0.1) is 0 Å². The van der Waals surface area contributed by atoms with Crippen molar-refractivity contribution >= 4 is 17.3 Å². The zero-order valence-corrected chi connectivity index (χ0v) is 17.5. The maximum absolute atomic E-state index is 5.90. The Balaban J connectivity index is 1.51. The third-order valence-electron chi connectivity index (χ3n) is 5.89. The summed E-state index contributed by atoms with van der Waals surface area (Å²) < 4.78 is 8.23. The Morgan fingerprint density at radius 3 is 2.77 bits per heavy atom. The van der Waals surface area contributed by atoms with Crippen LogP contribution in [-0.4, -0.2) is 37.3 Å². The summed E-state index contributed by atoms with van der Waals surface area (Å²) in [6.07, 6.45) is 10.2. The van der Waals surface area contributed by atoms with Gasteiger partial charge in [0.15, 0.2) is 5.11 Å². The van der Waals surface area contributed by atoms with Gasteiger partial charge in [0.05, 0.1) is 23.9 Å². The molecule has 5 rings (SSSR count). The van der Waals surface area contributed by atoms with Crippen molar-refractivity contribution in [3.8, 4) is 0 Å². The lowest BCUT2D eigenvalue weighted by molar-refractivity contribution is 0.0953. The van der Waals surface area contributed by atoms with Crippen molar-refractivity contribution in [1.82, 2.24) is 24.8 Å². The van der Waals surface area contributed by atoms with Gasteiger partial charge in [0.2, 0.25) is 0 Å². The quantitative estimate of drug-likeness (QED) is 0.616. The number of ether oxygens (including phenoxy) is 1. The van der Waals surface area contributed by atoms with Gasteiger partial charge < -0.3 is 19.5 Å². The summed E-state index contributed by atoms with van der Waals surface area (Å²) in [5.74, 6) is 0. The van der Waals surface area contributed by atoms with Crippen molar-refractivity contribution in [3.63, 3.8) is 0 Å². The summed E-state index contributed by atoms with van der Waals surface area (Å²) in [6, 6.07) is 14.5. The van der Waals surface area contributed by atoms with Crippen LogP contribution in [0.3, 0.4) is 0 Å². The molecule has 7 heteroatoms. The largest absolute Gasteiger partial charge is 0.376 e. The van der Waals surface area contributed by atoms with Crippen molar-refractivity contribution in [1.29, 1.82) is 0 Å². The highest BCUT2D eigenvalue weighted by Gasteiger charge is 2.41. The second-order valence-corrected chi connectivity index (χ2v) is 8.22. The van der Waals surface area contributed by atoms with Crippen LogP contribution in [0.15, 0.2) is 67.3 Å². The van der Waals surface area contributed by atoms with E-state index in [4.69, 9.17) is 17.0 Å². The van der Waals surface area contributed by atoms with E-state index in [0.29, 0.717) is 6.54 Å². The Morgan fingerprint density at radius 1 is 1.10 bits per heavy atom. The zero-order chi connectivity index (χ0) is 20.3. The molecule has 0 aliphatic carbocycles. The average Bonchev–Trinajstić information content (AvgIpc) is 3.52. The molecule has 2 aliphatic rings. The highest BCUT2D eigenvalue weighted by molar-refractivity contribution is 7.80. The molecule has 5 heterocycles. The maximum atomic E-state index is 5.90. The third-order valence-corrected chi connectivity index (χ3v) is 6.24. The molecule has 0 saturated carbocycles. The highest BCUT2D eigenvalue weighted by Crippen LogP contribution is 2.39. The fourth-order valence-corrected chi connectivity index (χ4v) is 4.76. The molecule has 0 bridgehead atoms. The molecule has 30 heavy (non-hydrogen) atoms. The average molecular weight is 420 g/mol. The smallest absolute Gasteiger partial charge is 0.170 e. The van der Waals surface area contributed by atoms with Gasteiger partial charge in [-0.3, -0.25) is 9.97 Å². The fourth-order valence-electron chi connectivity index (χ4n) is 4.45. The number of pyridine rings is 2. The van der Waals surface area contributed by atoms with E-state index in [-0.39, 0.29) is 18.2 Å². The number of hydrogen-bond donors (Lipinski definition) is 1. The summed E-state index contributed by atoms with van der Waals surface area (Å²) in [4.78, 5) is 11.1. The first-order chi connectivity index (χ1) is 14.8. The molecule has 2 aliphatic heterocycles. The molecule has 6 nitrogen and oxygen atoms in total. The molecule has 0 aromatic carbocycles. The zero-order valence-electron chi connectivity index (χ0n) is 16.7. The Hall–Kier alpha value is -2.77. The van der Waals surface area contributed by atoms with Crippen molar-refractivity contribution in [3.05, 3.63) is 84.2 Å². The van der Waals surface area contributed by atoms with Crippen LogP contribution in [-0.2, 0) is 17.8 Å². The van der Waals surface area contributed by atoms with Crippen LogP contribution in [0.2, 0.25) is 0 Å².